The summed E-state index contributed by atoms with van der Waals surface area (Å²) in [6, 6.07) is 3.41. The smallest absolute Gasteiger partial charge is 0.376 e. The first-order valence-electron chi connectivity index (χ1n) is 7.28. The van der Waals surface area contributed by atoms with Crippen LogP contribution in [0.5, 0.6) is 11.5 Å². The average Bonchev–Trinajstić information content (AvgIpc) is 2.59. The highest BCUT2D eigenvalue weighted by Gasteiger charge is 2.31. The standard InChI is InChI=1S/C16H15N3O5/c1-4-24-16(21)14-18-13-9(15(20)19-14)5-8-6-11(22-2)12(23-3)7-10(8)17-13/h5-7,9H,4H2,1-3H3. The maximum Gasteiger partial charge on any atom is 0.376 e. The van der Waals surface area contributed by atoms with Crippen LogP contribution in [0.25, 0.3) is 6.08 Å². The van der Waals surface area contributed by atoms with Gasteiger partial charge in [0.05, 0.1) is 26.2 Å². The van der Waals surface area contributed by atoms with Gasteiger partial charge in [0.1, 0.15) is 11.8 Å². The minimum absolute atomic E-state index is 0.170. The molecular formula is C16H15N3O5. The van der Waals surface area contributed by atoms with Crippen molar-refractivity contribution in [2.45, 2.75) is 6.92 Å². The first kappa shape index (κ1) is 15.9. The maximum atomic E-state index is 12.2. The SMILES string of the molecule is CCOC(=O)C1=NC(=O)C2C=c3cc(OC)c(OC)cc3=NC2=N1. The Balaban J connectivity index is 2.11. The zero-order chi connectivity index (χ0) is 17.3. The van der Waals surface area contributed by atoms with Gasteiger partial charge in [-0.3, -0.25) is 4.79 Å². The number of hydrogen-bond donors (Lipinski definition) is 0. The second kappa shape index (κ2) is 6.23. The Hall–Kier alpha value is -3.03. The molecule has 8 nitrogen and oxygen atoms in total. The van der Waals surface area contributed by atoms with Crippen molar-refractivity contribution in [1.82, 2.24) is 0 Å². The Morgan fingerprint density at radius 2 is 1.83 bits per heavy atom. The number of amides is 1. The van der Waals surface area contributed by atoms with E-state index < -0.39 is 17.8 Å². The van der Waals surface area contributed by atoms with E-state index in [0.717, 1.165) is 0 Å². The topological polar surface area (TPSA) is 98.9 Å². The van der Waals surface area contributed by atoms with Crippen molar-refractivity contribution in [3.8, 4) is 11.5 Å². The summed E-state index contributed by atoms with van der Waals surface area (Å²) in [6.07, 6.45) is 1.69. The molecule has 0 saturated carbocycles. The molecule has 3 rings (SSSR count). The molecule has 1 amide bonds. The summed E-state index contributed by atoms with van der Waals surface area (Å²) in [4.78, 5) is 36.1. The van der Waals surface area contributed by atoms with Crippen LogP contribution in [-0.2, 0) is 14.3 Å². The number of benzene rings is 1. The fourth-order valence-corrected chi connectivity index (χ4v) is 2.43. The lowest BCUT2D eigenvalue weighted by molar-refractivity contribution is -0.135. The van der Waals surface area contributed by atoms with Crippen LogP contribution in [0.4, 0.5) is 0 Å². The molecule has 0 N–H and O–H groups in total. The first-order chi connectivity index (χ1) is 11.6. The van der Waals surface area contributed by atoms with Gasteiger partial charge in [0.25, 0.3) is 5.91 Å². The summed E-state index contributed by atoms with van der Waals surface area (Å²) in [7, 11) is 3.05. The van der Waals surface area contributed by atoms with E-state index in [1.54, 1.807) is 25.1 Å². The molecule has 0 radical (unpaired) electrons. The molecule has 2 aliphatic rings. The molecule has 0 saturated heterocycles. The molecule has 1 atom stereocenters. The summed E-state index contributed by atoms with van der Waals surface area (Å²) >= 11 is 0. The van der Waals surface area contributed by atoms with E-state index in [9.17, 15) is 9.59 Å². The zero-order valence-corrected chi connectivity index (χ0v) is 13.4. The van der Waals surface area contributed by atoms with E-state index in [4.69, 9.17) is 14.2 Å². The number of esters is 1. The Morgan fingerprint density at radius 3 is 2.50 bits per heavy atom. The van der Waals surface area contributed by atoms with Gasteiger partial charge in [0.15, 0.2) is 11.5 Å². The van der Waals surface area contributed by atoms with Crippen molar-refractivity contribution >= 4 is 29.6 Å². The number of methoxy groups -OCH3 is 2. The van der Waals surface area contributed by atoms with E-state index in [0.29, 0.717) is 22.1 Å². The molecule has 0 spiro atoms. The predicted molar refractivity (Wildman–Crippen MR) is 84.8 cm³/mol. The summed E-state index contributed by atoms with van der Waals surface area (Å²) in [5, 5.41) is 1.28. The van der Waals surface area contributed by atoms with Crippen LogP contribution in [-0.4, -0.2) is 44.4 Å². The van der Waals surface area contributed by atoms with E-state index in [1.807, 2.05) is 0 Å². The fourth-order valence-electron chi connectivity index (χ4n) is 2.43. The number of hydrogen-bond acceptors (Lipinski definition) is 7. The second-order valence-corrected chi connectivity index (χ2v) is 4.99. The van der Waals surface area contributed by atoms with Crippen LogP contribution >= 0.6 is 0 Å². The lowest BCUT2D eigenvalue weighted by Crippen LogP contribution is -2.39. The molecule has 0 fully saturated rings. The number of carbonyl (C=O) groups excluding carboxylic acids is 2. The van der Waals surface area contributed by atoms with Gasteiger partial charge in [-0.25, -0.2) is 14.8 Å². The molecule has 0 bridgehead atoms. The molecule has 0 aliphatic carbocycles. The third-order valence-corrected chi connectivity index (χ3v) is 3.55. The Kier molecular flexibility index (Phi) is 4.11. The van der Waals surface area contributed by atoms with Crippen LogP contribution < -0.4 is 20.0 Å². The molecule has 2 heterocycles. The molecule has 24 heavy (non-hydrogen) atoms. The monoisotopic (exact) mass is 329 g/mol. The lowest BCUT2D eigenvalue weighted by atomic mass is 10.0. The molecule has 1 aromatic carbocycles. The molecule has 0 aromatic heterocycles. The quantitative estimate of drug-likeness (QED) is 0.702. The average molecular weight is 329 g/mol. The van der Waals surface area contributed by atoms with Crippen molar-refractivity contribution in [2.75, 3.05) is 20.8 Å². The normalized spacial score (nSPS) is 18.1. The van der Waals surface area contributed by atoms with Crippen molar-refractivity contribution in [1.29, 1.82) is 0 Å². The number of amidine groups is 2. The Morgan fingerprint density at radius 1 is 1.12 bits per heavy atom. The van der Waals surface area contributed by atoms with Gasteiger partial charge in [-0.05, 0) is 13.0 Å². The van der Waals surface area contributed by atoms with Crippen molar-refractivity contribution in [2.24, 2.45) is 20.9 Å². The van der Waals surface area contributed by atoms with E-state index in [1.165, 1.54) is 14.2 Å². The molecule has 8 heteroatoms. The van der Waals surface area contributed by atoms with Crippen molar-refractivity contribution < 1.29 is 23.8 Å². The second-order valence-electron chi connectivity index (χ2n) is 4.99. The van der Waals surface area contributed by atoms with Gasteiger partial charge in [-0.2, -0.15) is 4.99 Å². The van der Waals surface area contributed by atoms with Gasteiger partial charge in [0.2, 0.25) is 5.84 Å². The van der Waals surface area contributed by atoms with Crippen molar-refractivity contribution in [3.63, 3.8) is 0 Å². The van der Waals surface area contributed by atoms with Crippen LogP contribution in [0, 0.1) is 5.92 Å². The minimum Gasteiger partial charge on any atom is -0.493 e. The van der Waals surface area contributed by atoms with Gasteiger partial charge < -0.3 is 14.2 Å². The number of aliphatic imine (C=N–C) groups is 2. The first-order valence-corrected chi connectivity index (χ1v) is 7.28. The number of fused-ring (bicyclic) bond motifs is 2. The third kappa shape index (κ3) is 2.66. The maximum absolute atomic E-state index is 12.2. The molecule has 124 valence electrons. The molecule has 2 aliphatic heterocycles. The van der Waals surface area contributed by atoms with E-state index in [-0.39, 0.29) is 18.3 Å². The van der Waals surface area contributed by atoms with Crippen molar-refractivity contribution in [3.05, 3.63) is 22.7 Å². The van der Waals surface area contributed by atoms with E-state index >= 15 is 0 Å². The van der Waals surface area contributed by atoms with E-state index in [2.05, 4.69) is 15.0 Å². The summed E-state index contributed by atoms with van der Waals surface area (Å²) in [6.45, 7) is 1.83. The number of nitrogens with zero attached hydrogens (tertiary/aromatic N) is 3. The molecule has 1 unspecified atom stereocenters. The highest BCUT2D eigenvalue weighted by Crippen LogP contribution is 2.23. The summed E-state index contributed by atoms with van der Waals surface area (Å²) < 4.78 is 15.3. The zero-order valence-electron chi connectivity index (χ0n) is 13.4. The fraction of sp³-hybridized carbons (Fsp3) is 0.312. The van der Waals surface area contributed by atoms with Crippen LogP contribution in [0.1, 0.15) is 6.92 Å². The third-order valence-electron chi connectivity index (χ3n) is 3.55. The Bertz CT molecular complexity index is 901. The highest BCUT2D eigenvalue weighted by atomic mass is 16.5. The Labute approximate surface area is 137 Å². The van der Waals surface area contributed by atoms with Crippen LogP contribution in [0.3, 0.4) is 0 Å². The summed E-state index contributed by atoms with van der Waals surface area (Å²) in [5.41, 5.74) is 0. The largest absolute Gasteiger partial charge is 0.493 e. The number of ether oxygens (including phenoxy) is 3. The molecular weight excluding hydrogens is 314 g/mol. The highest BCUT2D eigenvalue weighted by molar-refractivity contribution is 6.41. The minimum atomic E-state index is -0.745. The predicted octanol–water partition coefficient (Wildman–Crippen LogP) is -0.366. The number of rotatable bonds is 4. The lowest BCUT2D eigenvalue weighted by Gasteiger charge is -2.17. The number of carbonyl (C=O) groups is 2. The summed E-state index contributed by atoms with van der Waals surface area (Å²) in [5.74, 6) is -1.02. The van der Waals surface area contributed by atoms with Crippen LogP contribution in [0.2, 0.25) is 0 Å². The van der Waals surface area contributed by atoms with Gasteiger partial charge in [0, 0.05) is 11.3 Å². The van der Waals surface area contributed by atoms with Gasteiger partial charge in [-0.1, -0.05) is 6.08 Å². The van der Waals surface area contributed by atoms with Crippen LogP contribution in [0.15, 0.2) is 27.1 Å². The van der Waals surface area contributed by atoms with Gasteiger partial charge in [-0.15, -0.1) is 0 Å². The van der Waals surface area contributed by atoms with Gasteiger partial charge >= 0.3 is 5.97 Å². The molecule has 1 aromatic rings.